The van der Waals surface area contributed by atoms with Gasteiger partial charge in [0.25, 0.3) is 5.91 Å². The van der Waals surface area contributed by atoms with E-state index >= 15 is 0 Å². The summed E-state index contributed by atoms with van der Waals surface area (Å²) >= 11 is 0. The number of nitrogens with zero attached hydrogens (tertiary/aromatic N) is 6. The molecular weight excluding hydrogens is 416 g/mol. The highest BCUT2D eigenvalue weighted by Gasteiger charge is 2.24. The maximum atomic E-state index is 12.8. The van der Waals surface area contributed by atoms with Crippen LogP contribution in [0.4, 0.5) is 5.82 Å². The summed E-state index contributed by atoms with van der Waals surface area (Å²) < 4.78 is 16.4. The highest BCUT2D eigenvalue weighted by atomic mass is 16.6. The van der Waals surface area contributed by atoms with E-state index < -0.39 is 5.91 Å². The molecule has 2 heterocycles. The van der Waals surface area contributed by atoms with E-state index in [0.29, 0.717) is 28.3 Å². The zero-order chi connectivity index (χ0) is 22.5. The van der Waals surface area contributed by atoms with Gasteiger partial charge >= 0.3 is 0 Å². The molecule has 0 aliphatic rings. The third-order valence-corrected chi connectivity index (χ3v) is 4.42. The van der Waals surface area contributed by atoms with E-state index in [1.165, 1.54) is 18.0 Å². The van der Waals surface area contributed by atoms with E-state index in [1.807, 2.05) is 18.2 Å². The summed E-state index contributed by atoms with van der Waals surface area (Å²) in [7, 11) is 3.08. The molecule has 1 amide bonds. The second-order valence-electron chi connectivity index (χ2n) is 6.35. The van der Waals surface area contributed by atoms with Crippen LogP contribution in [0.5, 0.6) is 11.5 Å². The Morgan fingerprint density at radius 1 is 1.12 bits per heavy atom. The molecule has 0 fully saturated rings. The first kappa shape index (κ1) is 20.5. The number of amides is 1. The molecular formula is C20H18N8O4. The minimum atomic E-state index is -0.582. The van der Waals surface area contributed by atoms with Crippen molar-refractivity contribution in [2.24, 2.45) is 5.10 Å². The van der Waals surface area contributed by atoms with Gasteiger partial charge in [-0.15, -0.1) is 5.10 Å². The lowest BCUT2D eigenvalue weighted by molar-refractivity contribution is 0.0950. The van der Waals surface area contributed by atoms with Gasteiger partial charge in [-0.1, -0.05) is 35.5 Å². The summed E-state index contributed by atoms with van der Waals surface area (Å²) in [6, 6.07) is 14.3. The van der Waals surface area contributed by atoms with E-state index in [9.17, 15) is 4.79 Å². The predicted molar refractivity (Wildman–Crippen MR) is 114 cm³/mol. The van der Waals surface area contributed by atoms with Crippen molar-refractivity contribution in [1.29, 1.82) is 0 Å². The highest BCUT2D eigenvalue weighted by Crippen LogP contribution is 2.27. The minimum Gasteiger partial charge on any atom is -0.493 e. The van der Waals surface area contributed by atoms with Gasteiger partial charge < -0.3 is 15.2 Å². The molecule has 0 radical (unpaired) electrons. The predicted octanol–water partition coefficient (Wildman–Crippen LogP) is 1.68. The fourth-order valence-electron chi connectivity index (χ4n) is 2.93. The van der Waals surface area contributed by atoms with E-state index in [1.54, 1.807) is 37.4 Å². The first-order valence-electron chi connectivity index (χ1n) is 9.27. The smallest absolute Gasteiger partial charge is 0.294 e. The normalized spacial score (nSPS) is 10.9. The number of rotatable bonds is 7. The summed E-state index contributed by atoms with van der Waals surface area (Å²) in [4.78, 5) is 12.8. The van der Waals surface area contributed by atoms with Gasteiger partial charge in [0.15, 0.2) is 17.2 Å². The molecule has 4 aromatic rings. The largest absolute Gasteiger partial charge is 0.493 e. The number of carbonyl (C=O) groups is 1. The summed E-state index contributed by atoms with van der Waals surface area (Å²) in [5.74, 6) is 0.659. The number of nitrogens with two attached hydrogens (primary N) is 1. The molecule has 0 aliphatic heterocycles. The molecule has 0 atom stereocenters. The van der Waals surface area contributed by atoms with Crippen molar-refractivity contribution < 1.29 is 18.9 Å². The zero-order valence-electron chi connectivity index (χ0n) is 17.1. The highest BCUT2D eigenvalue weighted by molar-refractivity contribution is 5.98. The summed E-state index contributed by atoms with van der Waals surface area (Å²) in [5.41, 5.74) is 9.97. The molecule has 3 N–H and O–H groups in total. The van der Waals surface area contributed by atoms with Crippen molar-refractivity contribution in [1.82, 2.24) is 30.7 Å². The number of hydrogen-bond acceptors (Lipinski definition) is 10. The number of hydrazone groups is 1. The average molecular weight is 434 g/mol. The number of anilines is 1. The van der Waals surface area contributed by atoms with Gasteiger partial charge in [-0.25, -0.2) is 10.1 Å². The van der Waals surface area contributed by atoms with Gasteiger partial charge in [-0.2, -0.15) is 9.78 Å². The molecule has 12 nitrogen and oxygen atoms in total. The molecule has 2 aromatic carbocycles. The van der Waals surface area contributed by atoms with Crippen molar-refractivity contribution in [3.8, 4) is 28.6 Å². The summed E-state index contributed by atoms with van der Waals surface area (Å²) in [5, 5.41) is 19.3. The Morgan fingerprint density at radius 2 is 1.91 bits per heavy atom. The standard InChI is InChI=1S/C20H18N8O4/c1-30-14-9-8-12(10-15(14)31-2)11-22-24-20(29)16-17(13-6-4-3-5-7-13)28(27-23-16)19-18(21)25-32-26-19/h3-11H,1-2H3,(H2,21,25)(H,24,29). The SMILES string of the molecule is COc1ccc(C=NNC(=O)c2nnn(-c3nonc3N)c2-c2ccccc2)cc1OC. The fraction of sp³-hybridized carbons (Fsp3) is 0.100. The Hall–Kier alpha value is -4.74. The van der Waals surface area contributed by atoms with Crippen molar-refractivity contribution in [2.45, 2.75) is 0 Å². The van der Waals surface area contributed by atoms with Gasteiger partial charge in [0.2, 0.25) is 11.6 Å². The lowest BCUT2D eigenvalue weighted by Gasteiger charge is -2.07. The molecule has 0 saturated carbocycles. The van der Waals surface area contributed by atoms with Gasteiger partial charge in [-0.3, -0.25) is 4.79 Å². The first-order valence-corrected chi connectivity index (χ1v) is 9.27. The van der Waals surface area contributed by atoms with Crippen LogP contribution < -0.4 is 20.6 Å². The molecule has 162 valence electrons. The van der Waals surface area contributed by atoms with Crippen LogP contribution in [0, 0.1) is 0 Å². The van der Waals surface area contributed by atoms with Gasteiger partial charge in [0.05, 0.1) is 20.4 Å². The quantitative estimate of drug-likeness (QED) is 0.326. The van der Waals surface area contributed by atoms with Crippen LogP contribution in [-0.2, 0) is 0 Å². The Balaban J connectivity index is 1.62. The van der Waals surface area contributed by atoms with E-state index in [2.05, 4.69) is 35.8 Å². The van der Waals surface area contributed by atoms with Crippen molar-refractivity contribution in [3.05, 3.63) is 59.8 Å². The number of hydrogen-bond donors (Lipinski definition) is 2. The number of nitrogen functional groups attached to an aromatic ring is 1. The number of nitrogens with one attached hydrogen (secondary N) is 1. The molecule has 0 saturated heterocycles. The molecule has 0 unspecified atom stereocenters. The third-order valence-electron chi connectivity index (χ3n) is 4.42. The Bertz CT molecular complexity index is 1270. The molecule has 0 bridgehead atoms. The third kappa shape index (κ3) is 3.96. The number of benzene rings is 2. The Kier molecular flexibility index (Phi) is 5.74. The van der Waals surface area contributed by atoms with E-state index in [0.717, 1.165) is 0 Å². The van der Waals surface area contributed by atoms with E-state index in [4.69, 9.17) is 15.2 Å². The maximum absolute atomic E-state index is 12.8. The van der Waals surface area contributed by atoms with Crippen molar-refractivity contribution in [2.75, 3.05) is 20.0 Å². The number of ether oxygens (including phenoxy) is 2. The Labute approximate surface area is 181 Å². The lowest BCUT2D eigenvalue weighted by Crippen LogP contribution is -2.19. The van der Waals surface area contributed by atoms with Crippen LogP contribution in [0.15, 0.2) is 58.3 Å². The molecule has 4 rings (SSSR count). The van der Waals surface area contributed by atoms with Gasteiger partial charge in [0.1, 0.15) is 5.69 Å². The van der Waals surface area contributed by atoms with Crippen LogP contribution in [0.3, 0.4) is 0 Å². The maximum Gasteiger partial charge on any atom is 0.294 e. The number of methoxy groups -OCH3 is 2. The van der Waals surface area contributed by atoms with E-state index in [-0.39, 0.29) is 17.3 Å². The van der Waals surface area contributed by atoms with Crippen LogP contribution in [-0.4, -0.2) is 51.6 Å². The lowest BCUT2D eigenvalue weighted by atomic mass is 10.1. The topological polar surface area (TPSA) is 156 Å². The second-order valence-corrected chi connectivity index (χ2v) is 6.35. The monoisotopic (exact) mass is 434 g/mol. The molecule has 12 heteroatoms. The minimum absolute atomic E-state index is 0.00510. The van der Waals surface area contributed by atoms with Crippen molar-refractivity contribution >= 4 is 17.9 Å². The Morgan fingerprint density at radius 3 is 2.59 bits per heavy atom. The first-order chi connectivity index (χ1) is 15.6. The van der Waals surface area contributed by atoms with Crippen LogP contribution >= 0.6 is 0 Å². The number of carbonyl (C=O) groups excluding carboxylic acids is 1. The van der Waals surface area contributed by atoms with Gasteiger partial charge in [0, 0.05) is 5.56 Å². The molecule has 32 heavy (non-hydrogen) atoms. The average Bonchev–Trinajstić information content (AvgIpc) is 3.45. The van der Waals surface area contributed by atoms with Crippen molar-refractivity contribution in [3.63, 3.8) is 0 Å². The zero-order valence-corrected chi connectivity index (χ0v) is 17.1. The fourth-order valence-corrected chi connectivity index (χ4v) is 2.93. The second kappa shape index (κ2) is 8.95. The van der Waals surface area contributed by atoms with Crippen LogP contribution in [0.2, 0.25) is 0 Å². The summed E-state index contributed by atoms with van der Waals surface area (Å²) in [6.45, 7) is 0. The molecule has 0 aliphatic carbocycles. The number of aromatic nitrogens is 5. The summed E-state index contributed by atoms with van der Waals surface area (Å²) in [6.07, 6.45) is 1.46. The van der Waals surface area contributed by atoms with Crippen LogP contribution in [0.25, 0.3) is 17.1 Å². The molecule has 0 spiro atoms. The van der Waals surface area contributed by atoms with Gasteiger partial charge in [-0.05, 0) is 34.1 Å². The van der Waals surface area contributed by atoms with Crippen LogP contribution in [0.1, 0.15) is 16.1 Å². The molecule has 2 aromatic heterocycles.